The van der Waals surface area contributed by atoms with Gasteiger partial charge in [-0.1, -0.05) is 23.4 Å². The number of hydrogen-bond acceptors (Lipinski definition) is 5. The molecule has 2 aliphatic rings. The summed E-state index contributed by atoms with van der Waals surface area (Å²) < 4.78 is 21.5. The van der Waals surface area contributed by atoms with Crippen LogP contribution in [0.1, 0.15) is 33.4 Å². The lowest BCUT2D eigenvalue weighted by atomic mass is 10.1. The van der Waals surface area contributed by atoms with Crippen LogP contribution < -0.4 is 0 Å². The van der Waals surface area contributed by atoms with E-state index in [9.17, 15) is 9.18 Å². The first kappa shape index (κ1) is 21.0. The molecular weight excluding hydrogens is 435 g/mol. The zero-order valence-corrected chi connectivity index (χ0v) is 18.7. The molecule has 1 amide bonds. The van der Waals surface area contributed by atoms with Crippen molar-refractivity contribution in [3.05, 3.63) is 83.1 Å². The summed E-state index contributed by atoms with van der Waals surface area (Å²) in [6.07, 6.45) is 1.64. The highest BCUT2D eigenvalue weighted by molar-refractivity contribution is 5.98. The third kappa shape index (κ3) is 3.97. The summed E-state index contributed by atoms with van der Waals surface area (Å²) in [6, 6.07) is 14.3. The Morgan fingerprint density at radius 1 is 1.12 bits per heavy atom. The summed E-state index contributed by atoms with van der Waals surface area (Å²) in [6.45, 7) is 4.46. The summed E-state index contributed by atoms with van der Waals surface area (Å²) in [4.78, 5) is 20.3. The zero-order chi connectivity index (χ0) is 23.1. The Hall–Kier alpha value is -3.56. The van der Waals surface area contributed by atoms with Gasteiger partial charge in [-0.05, 0) is 41.3 Å². The van der Waals surface area contributed by atoms with Gasteiger partial charge in [-0.15, -0.1) is 5.10 Å². The average molecular weight is 461 g/mol. The number of aromatic nitrogens is 4. The van der Waals surface area contributed by atoms with Gasteiger partial charge in [-0.2, -0.15) is 0 Å². The molecule has 34 heavy (non-hydrogen) atoms. The molecule has 174 valence electrons. The summed E-state index contributed by atoms with van der Waals surface area (Å²) in [7, 11) is 0. The summed E-state index contributed by atoms with van der Waals surface area (Å²) >= 11 is 0. The molecule has 0 aliphatic carbocycles. The van der Waals surface area contributed by atoms with Gasteiger partial charge in [0, 0.05) is 50.0 Å². The Morgan fingerprint density at radius 2 is 2.00 bits per heavy atom. The number of hydrogen-bond donors (Lipinski definition) is 1. The second-order valence-electron chi connectivity index (χ2n) is 8.87. The largest absolute Gasteiger partial charge is 0.365 e. The quantitative estimate of drug-likeness (QED) is 0.506. The minimum absolute atomic E-state index is 0.0639. The van der Waals surface area contributed by atoms with Gasteiger partial charge in [-0.25, -0.2) is 9.07 Å². The number of halogens is 1. The lowest BCUT2D eigenvalue weighted by Crippen LogP contribution is -2.48. The van der Waals surface area contributed by atoms with Gasteiger partial charge in [0.15, 0.2) is 0 Å². The number of carbonyl (C=O) groups excluding carboxylic acids is 1. The fraction of sp³-hybridized carbons (Fsp3) is 0.320. The number of H-pyrrole nitrogens is 1. The molecule has 2 aromatic heterocycles. The predicted octanol–water partition coefficient (Wildman–Crippen LogP) is 3.13. The predicted molar refractivity (Wildman–Crippen MR) is 123 cm³/mol. The first-order valence-corrected chi connectivity index (χ1v) is 11.5. The van der Waals surface area contributed by atoms with Crippen molar-refractivity contribution in [3.8, 4) is 0 Å². The highest BCUT2D eigenvalue weighted by Gasteiger charge is 2.28. The molecule has 8 nitrogen and oxygen atoms in total. The van der Waals surface area contributed by atoms with E-state index >= 15 is 0 Å². The van der Waals surface area contributed by atoms with Crippen LogP contribution in [0.3, 0.4) is 0 Å². The first-order chi connectivity index (χ1) is 16.6. The van der Waals surface area contributed by atoms with E-state index in [0.717, 1.165) is 40.9 Å². The topological polar surface area (TPSA) is 79.3 Å². The molecule has 9 heteroatoms. The summed E-state index contributed by atoms with van der Waals surface area (Å²) in [5.74, 6) is -0.206. The molecule has 1 N–H and O–H groups in total. The molecule has 1 atom stereocenters. The van der Waals surface area contributed by atoms with Gasteiger partial charge < -0.3 is 14.6 Å². The van der Waals surface area contributed by atoms with Crippen LogP contribution in [0.15, 0.2) is 54.7 Å². The van der Waals surface area contributed by atoms with Gasteiger partial charge in [0.25, 0.3) is 5.91 Å². The monoisotopic (exact) mass is 460 g/mol. The molecule has 0 bridgehead atoms. The summed E-state index contributed by atoms with van der Waals surface area (Å²) in [5.41, 5.74) is 4.35. The molecule has 6 rings (SSSR count). The van der Waals surface area contributed by atoms with Crippen molar-refractivity contribution < 1.29 is 13.9 Å². The van der Waals surface area contributed by atoms with Crippen molar-refractivity contribution in [2.24, 2.45) is 0 Å². The van der Waals surface area contributed by atoms with Crippen molar-refractivity contribution in [1.29, 1.82) is 0 Å². The fourth-order valence-corrected chi connectivity index (χ4v) is 4.78. The number of fused-ring (bicyclic) bond motifs is 2. The highest BCUT2D eigenvalue weighted by Crippen LogP contribution is 2.28. The molecule has 0 spiro atoms. The maximum absolute atomic E-state index is 13.6. The Balaban J connectivity index is 1.07. The Bertz CT molecular complexity index is 1340. The third-order valence-corrected chi connectivity index (χ3v) is 6.73. The van der Waals surface area contributed by atoms with Crippen molar-refractivity contribution in [1.82, 2.24) is 29.8 Å². The van der Waals surface area contributed by atoms with Gasteiger partial charge in [0.1, 0.15) is 17.6 Å². The maximum Gasteiger partial charge on any atom is 0.254 e. The number of benzene rings is 2. The van der Waals surface area contributed by atoms with Crippen molar-refractivity contribution in [2.45, 2.75) is 25.8 Å². The minimum atomic E-state index is -0.270. The standard InChI is InChI=1S/C25H25FN6O2/c26-20-3-1-2-18(12-20)24-15-32-23(16-34-24)22(28-29-32)14-30-8-10-31(11-9-30)25(33)19-5-4-17-6-7-27-21(17)13-19/h1-7,12-13,24,27H,8-11,14-16H2. The number of rotatable bonds is 4. The van der Waals surface area contributed by atoms with Gasteiger partial charge in [0.05, 0.1) is 18.8 Å². The van der Waals surface area contributed by atoms with Crippen LogP contribution in [0.2, 0.25) is 0 Å². The van der Waals surface area contributed by atoms with E-state index < -0.39 is 0 Å². The van der Waals surface area contributed by atoms with Gasteiger partial charge in [-0.3, -0.25) is 9.69 Å². The number of nitrogens with zero attached hydrogens (tertiary/aromatic N) is 5. The second-order valence-corrected chi connectivity index (χ2v) is 8.87. The zero-order valence-electron chi connectivity index (χ0n) is 18.7. The molecular formula is C25H25FN6O2. The molecule has 1 unspecified atom stereocenters. The van der Waals surface area contributed by atoms with Crippen molar-refractivity contribution in [3.63, 3.8) is 0 Å². The minimum Gasteiger partial charge on any atom is -0.365 e. The van der Waals surface area contributed by atoms with Crippen LogP contribution in [0.4, 0.5) is 4.39 Å². The van der Waals surface area contributed by atoms with E-state index in [1.807, 2.05) is 46.1 Å². The van der Waals surface area contributed by atoms with E-state index in [0.29, 0.717) is 38.3 Å². The highest BCUT2D eigenvalue weighted by atomic mass is 19.1. The SMILES string of the molecule is O=C(c1ccc2cc[nH]c2c1)N1CCN(Cc2nnn3c2COC(c2cccc(F)c2)C3)CC1. The van der Waals surface area contributed by atoms with Crippen LogP contribution in [0, 0.1) is 5.82 Å². The molecule has 4 aromatic rings. The molecule has 4 heterocycles. The molecule has 2 aliphatic heterocycles. The number of ether oxygens (including phenoxy) is 1. The molecule has 0 saturated carbocycles. The van der Waals surface area contributed by atoms with Crippen molar-refractivity contribution >= 4 is 16.8 Å². The van der Waals surface area contributed by atoms with Crippen LogP contribution in [0.5, 0.6) is 0 Å². The second kappa shape index (κ2) is 8.66. The molecule has 0 radical (unpaired) electrons. The lowest BCUT2D eigenvalue weighted by molar-refractivity contribution is -0.00236. The Labute approximate surface area is 195 Å². The Kier molecular flexibility index (Phi) is 5.35. The third-order valence-electron chi connectivity index (χ3n) is 6.73. The van der Waals surface area contributed by atoms with E-state index in [-0.39, 0.29) is 17.8 Å². The Morgan fingerprint density at radius 3 is 2.85 bits per heavy atom. The fourth-order valence-electron chi connectivity index (χ4n) is 4.78. The van der Waals surface area contributed by atoms with E-state index in [4.69, 9.17) is 4.74 Å². The van der Waals surface area contributed by atoms with Gasteiger partial charge >= 0.3 is 0 Å². The molecule has 2 aromatic carbocycles. The van der Waals surface area contributed by atoms with Crippen LogP contribution in [-0.2, 0) is 24.4 Å². The number of amides is 1. The normalized spacial score (nSPS) is 18.9. The first-order valence-electron chi connectivity index (χ1n) is 11.5. The van der Waals surface area contributed by atoms with Crippen molar-refractivity contribution in [2.75, 3.05) is 26.2 Å². The number of aromatic amines is 1. The van der Waals surface area contributed by atoms with E-state index in [1.165, 1.54) is 12.1 Å². The van der Waals surface area contributed by atoms with Crippen LogP contribution in [0.25, 0.3) is 10.9 Å². The molecule has 1 saturated heterocycles. The molecule has 1 fully saturated rings. The number of piperazine rings is 1. The number of carbonyl (C=O) groups is 1. The smallest absolute Gasteiger partial charge is 0.254 e. The lowest BCUT2D eigenvalue weighted by Gasteiger charge is -2.34. The van der Waals surface area contributed by atoms with E-state index in [2.05, 4.69) is 20.2 Å². The van der Waals surface area contributed by atoms with E-state index in [1.54, 1.807) is 6.07 Å². The average Bonchev–Trinajstić information content (AvgIpc) is 3.50. The number of nitrogens with one attached hydrogen (secondary N) is 1. The van der Waals surface area contributed by atoms with Crippen LogP contribution >= 0.6 is 0 Å². The van der Waals surface area contributed by atoms with Gasteiger partial charge in [0.2, 0.25) is 0 Å². The summed E-state index contributed by atoms with van der Waals surface area (Å²) in [5, 5.41) is 9.82. The van der Waals surface area contributed by atoms with Crippen LogP contribution in [-0.4, -0.2) is 61.9 Å². The maximum atomic E-state index is 13.6.